The first kappa shape index (κ1) is 14.7. The average Bonchev–Trinajstić information content (AvgIpc) is 2.27. The van der Waals surface area contributed by atoms with Crippen molar-refractivity contribution in [1.29, 1.82) is 0 Å². The van der Waals surface area contributed by atoms with Gasteiger partial charge in [-0.05, 0) is 33.3 Å². The van der Waals surface area contributed by atoms with E-state index in [1.54, 1.807) is 0 Å². The highest BCUT2D eigenvalue weighted by atomic mass is 16.6. The number of carbonyl (C=O) groups excluding carboxylic acids is 1. The van der Waals surface area contributed by atoms with E-state index in [1.807, 2.05) is 39.0 Å². The Morgan fingerprint density at radius 1 is 1.28 bits per heavy atom. The van der Waals surface area contributed by atoms with Crippen LogP contribution in [0.4, 0.5) is 0 Å². The molecular formula is C15H23NO2. The summed E-state index contributed by atoms with van der Waals surface area (Å²) in [5, 5.41) is 3.31. The molecule has 1 atom stereocenters. The SMILES string of the molecule is CC(NCCC(=O)OC(C)(C)C)c1ccccc1. The lowest BCUT2D eigenvalue weighted by atomic mass is 10.1. The summed E-state index contributed by atoms with van der Waals surface area (Å²) in [6, 6.07) is 10.4. The van der Waals surface area contributed by atoms with E-state index >= 15 is 0 Å². The molecule has 0 heterocycles. The molecule has 1 unspecified atom stereocenters. The smallest absolute Gasteiger partial charge is 0.307 e. The minimum atomic E-state index is -0.401. The van der Waals surface area contributed by atoms with Crippen LogP contribution in [0.25, 0.3) is 0 Å². The third-order valence-corrected chi connectivity index (χ3v) is 2.50. The summed E-state index contributed by atoms with van der Waals surface area (Å²) >= 11 is 0. The van der Waals surface area contributed by atoms with Crippen LogP contribution >= 0.6 is 0 Å². The largest absolute Gasteiger partial charge is 0.460 e. The van der Waals surface area contributed by atoms with Crippen LogP contribution in [0.5, 0.6) is 0 Å². The van der Waals surface area contributed by atoms with Gasteiger partial charge in [0, 0.05) is 12.6 Å². The third kappa shape index (κ3) is 5.82. The number of benzene rings is 1. The highest BCUT2D eigenvalue weighted by molar-refractivity contribution is 5.70. The second-order valence-corrected chi connectivity index (χ2v) is 5.42. The van der Waals surface area contributed by atoms with Gasteiger partial charge in [0.15, 0.2) is 0 Å². The molecule has 1 aromatic carbocycles. The summed E-state index contributed by atoms with van der Waals surface area (Å²) in [6.45, 7) is 8.36. The Balaban J connectivity index is 2.28. The lowest BCUT2D eigenvalue weighted by molar-refractivity contribution is -0.154. The molecule has 3 nitrogen and oxygen atoms in total. The second kappa shape index (κ2) is 6.55. The topological polar surface area (TPSA) is 38.3 Å². The van der Waals surface area contributed by atoms with Gasteiger partial charge in [0.25, 0.3) is 0 Å². The zero-order chi connectivity index (χ0) is 13.6. The molecule has 0 aliphatic rings. The molecule has 0 saturated heterocycles. The van der Waals surface area contributed by atoms with Gasteiger partial charge in [-0.1, -0.05) is 30.3 Å². The van der Waals surface area contributed by atoms with Crippen molar-refractivity contribution in [1.82, 2.24) is 5.32 Å². The Labute approximate surface area is 110 Å². The van der Waals surface area contributed by atoms with Gasteiger partial charge in [-0.2, -0.15) is 0 Å². The van der Waals surface area contributed by atoms with Gasteiger partial charge >= 0.3 is 5.97 Å². The highest BCUT2D eigenvalue weighted by Gasteiger charge is 2.15. The first-order chi connectivity index (χ1) is 8.38. The maximum atomic E-state index is 11.5. The first-order valence-corrected chi connectivity index (χ1v) is 6.38. The molecule has 0 saturated carbocycles. The van der Waals surface area contributed by atoms with Crippen molar-refractivity contribution < 1.29 is 9.53 Å². The van der Waals surface area contributed by atoms with Gasteiger partial charge in [-0.3, -0.25) is 4.79 Å². The fraction of sp³-hybridized carbons (Fsp3) is 0.533. The van der Waals surface area contributed by atoms with E-state index in [0.717, 1.165) is 0 Å². The number of nitrogens with one attached hydrogen (secondary N) is 1. The fourth-order valence-electron chi connectivity index (χ4n) is 1.64. The van der Waals surface area contributed by atoms with Crippen molar-refractivity contribution >= 4 is 5.97 Å². The van der Waals surface area contributed by atoms with E-state index in [2.05, 4.69) is 24.4 Å². The Kier molecular flexibility index (Phi) is 5.35. The zero-order valence-corrected chi connectivity index (χ0v) is 11.7. The number of carbonyl (C=O) groups is 1. The molecule has 1 aromatic rings. The Bertz CT molecular complexity index is 368. The van der Waals surface area contributed by atoms with Crippen LogP contribution in [0.2, 0.25) is 0 Å². The van der Waals surface area contributed by atoms with E-state index in [9.17, 15) is 4.79 Å². The molecule has 3 heteroatoms. The van der Waals surface area contributed by atoms with Gasteiger partial charge in [0.2, 0.25) is 0 Å². The van der Waals surface area contributed by atoms with Crippen LogP contribution in [0.1, 0.15) is 45.7 Å². The number of esters is 1. The molecule has 0 radical (unpaired) electrons. The lowest BCUT2D eigenvalue weighted by Crippen LogP contribution is -2.27. The number of rotatable bonds is 5. The quantitative estimate of drug-likeness (QED) is 0.815. The Morgan fingerprint density at radius 3 is 2.44 bits per heavy atom. The maximum absolute atomic E-state index is 11.5. The predicted molar refractivity (Wildman–Crippen MR) is 73.3 cm³/mol. The van der Waals surface area contributed by atoms with Crippen molar-refractivity contribution in [2.24, 2.45) is 0 Å². The number of ether oxygens (including phenoxy) is 1. The van der Waals surface area contributed by atoms with Crippen LogP contribution in [-0.4, -0.2) is 18.1 Å². The number of hydrogen-bond donors (Lipinski definition) is 1. The summed E-state index contributed by atoms with van der Waals surface area (Å²) in [4.78, 5) is 11.5. The molecule has 0 aliphatic heterocycles. The molecule has 0 aliphatic carbocycles. The molecule has 0 amide bonds. The molecule has 18 heavy (non-hydrogen) atoms. The second-order valence-electron chi connectivity index (χ2n) is 5.42. The lowest BCUT2D eigenvalue weighted by Gasteiger charge is -2.20. The molecule has 0 aromatic heterocycles. The van der Waals surface area contributed by atoms with E-state index in [4.69, 9.17) is 4.74 Å². The summed E-state index contributed by atoms with van der Waals surface area (Å²) in [5.74, 6) is -0.157. The van der Waals surface area contributed by atoms with E-state index in [1.165, 1.54) is 5.56 Å². The molecular weight excluding hydrogens is 226 g/mol. The average molecular weight is 249 g/mol. The van der Waals surface area contributed by atoms with E-state index < -0.39 is 5.60 Å². The Morgan fingerprint density at radius 2 is 1.89 bits per heavy atom. The van der Waals surface area contributed by atoms with Crippen LogP contribution in [0, 0.1) is 0 Å². The van der Waals surface area contributed by atoms with E-state index in [-0.39, 0.29) is 12.0 Å². The zero-order valence-electron chi connectivity index (χ0n) is 11.7. The van der Waals surface area contributed by atoms with Crippen LogP contribution in [-0.2, 0) is 9.53 Å². The van der Waals surface area contributed by atoms with Crippen LogP contribution in [0.3, 0.4) is 0 Å². The normalized spacial score (nSPS) is 13.1. The summed E-state index contributed by atoms with van der Waals surface area (Å²) < 4.78 is 5.25. The summed E-state index contributed by atoms with van der Waals surface area (Å²) in [7, 11) is 0. The monoisotopic (exact) mass is 249 g/mol. The molecule has 1 N–H and O–H groups in total. The van der Waals surface area contributed by atoms with Crippen LogP contribution in [0.15, 0.2) is 30.3 Å². The Hall–Kier alpha value is -1.35. The van der Waals surface area contributed by atoms with Gasteiger partial charge in [-0.15, -0.1) is 0 Å². The maximum Gasteiger partial charge on any atom is 0.307 e. The summed E-state index contributed by atoms with van der Waals surface area (Å²) in [5.41, 5.74) is 0.823. The molecule has 1 rings (SSSR count). The summed E-state index contributed by atoms with van der Waals surface area (Å²) in [6.07, 6.45) is 0.397. The first-order valence-electron chi connectivity index (χ1n) is 6.38. The van der Waals surface area contributed by atoms with Crippen molar-refractivity contribution in [2.75, 3.05) is 6.54 Å². The highest BCUT2D eigenvalue weighted by Crippen LogP contribution is 2.11. The van der Waals surface area contributed by atoms with Gasteiger partial charge in [-0.25, -0.2) is 0 Å². The van der Waals surface area contributed by atoms with Crippen molar-refractivity contribution in [3.8, 4) is 0 Å². The minimum absolute atomic E-state index is 0.157. The van der Waals surface area contributed by atoms with E-state index in [0.29, 0.717) is 13.0 Å². The van der Waals surface area contributed by atoms with Gasteiger partial charge in [0.1, 0.15) is 5.60 Å². The molecule has 0 spiro atoms. The van der Waals surface area contributed by atoms with Gasteiger partial charge in [0.05, 0.1) is 6.42 Å². The van der Waals surface area contributed by atoms with Crippen LogP contribution < -0.4 is 5.32 Å². The molecule has 0 fully saturated rings. The standard InChI is InChI=1S/C15H23NO2/c1-12(13-8-6-5-7-9-13)16-11-10-14(17)18-15(2,3)4/h5-9,12,16H,10-11H2,1-4H3. The number of hydrogen-bond acceptors (Lipinski definition) is 3. The van der Waals surface area contributed by atoms with Crippen molar-refractivity contribution in [3.63, 3.8) is 0 Å². The van der Waals surface area contributed by atoms with Gasteiger partial charge < -0.3 is 10.1 Å². The molecule has 0 bridgehead atoms. The van der Waals surface area contributed by atoms with Crippen molar-refractivity contribution in [2.45, 2.75) is 45.8 Å². The van der Waals surface area contributed by atoms with Crippen molar-refractivity contribution in [3.05, 3.63) is 35.9 Å². The third-order valence-electron chi connectivity index (χ3n) is 2.50. The fourth-order valence-corrected chi connectivity index (χ4v) is 1.64. The predicted octanol–water partition coefficient (Wildman–Crippen LogP) is 3.07. The minimum Gasteiger partial charge on any atom is -0.460 e. The molecule has 100 valence electrons.